The van der Waals surface area contributed by atoms with Crippen molar-refractivity contribution in [2.24, 2.45) is 0 Å². The van der Waals surface area contributed by atoms with Crippen LogP contribution < -0.4 is 5.32 Å². The van der Waals surface area contributed by atoms with Gasteiger partial charge in [-0.05, 0) is 37.5 Å². The maximum Gasteiger partial charge on any atom is 0.251 e. The number of nitrogens with one attached hydrogen (secondary N) is 1. The minimum absolute atomic E-state index is 0.0224. The number of benzene rings is 2. The van der Waals surface area contributed by atoms with Crippen LogP contribution in [-0.4, -0.2) is 53.8 Å². The van der Waals surface area contributed by atoms with Crippen LogP contribution >= 0.6 is 0 Å². The molecule has 1 aliphatic rings. The molecule has 0 bridgehead atoms. The topological polar surface area (TPSA) is 52.7 Å². The maximum atomic E-state index is 12.8. The third-order valence-electron chi connectivity index (χ3n) is 5.44. The zero-order valence-corrected chi connectivity index (χ0v) is 16.7. The van der Waals surface area contributed by atoms with Crippen LogP contribution in [0.3, 0.4) is 0 Å². The van der Waals surface area contributed by atoms with Gasteiger partial charge < -0.3 is 10.2 Å². The third-order valence-corrected chi connectivity index (χ3v) is 5.44. The van der Waals surface area contributed by atoms with Crippen molar-refractivity contribution in [2.45, 2.75) is 38.4 Å². The summed E-state index contributed by atoms with van der Waals surface area (Å²) in [6.07, 6.45) is 1.72. The molecular formula is C23H29N3O2. The van der Waals surface area contributed by atoms with Gasteiger partial charge in [-0.2, -0.15) is 0 Å². The van der Waals surface area contributed by atoms with E-state index in [2.05, 4.69) is 10.2 Å². The zero-order chi connectivity index (χ0) is 19.9. The number of likely N-dealkylation sites (N-methyl/N-ethyl adjacent to an activating group) is 1. The molecule has 2 aromatic carbocycles. The van der Waals surface area contributed by atoms with Gasteiger partial charge in [-0.15, -0.1) is 0 Å². The molecule has 1 N–H and O–H groups in total. The fraction of sp³-hybridized carbons (Fsp3) is 0.391. The van der Waals surface area contributed by atoms with E-state index in [1.807, 2.05) is 74.6 Å². The van der Waals surface area contributed by atoms with Gasteiger partial charge in [-0.25, -0.2) is 0 Å². The Morgan fingerprint density at radius 3 is 2.21 bits per heavy atom. The Labute approximate surface area is 167 Å². The van der Waals surface area contributed by atoms with Crippen LogP contribution in [0.1, 0.15) is 35.7 Å². The lowest BCUT2D eigenvalue weighted by Gasteiger charge is -2.37. The molecule has 0 spiro atoms. The number of rotatable bonds is 6. The number of likely N-dealkylation sites (tertiary alicyclic amines) is 1. The van der Waals surface area contributed by atoms with E-state index in [4.69, 9.17) is 0 Å². The highest BCUT2D eigenvalue weighted by Gasteiger charge is 2.29. The molecule has 0 radical (unpaired) electrons. The highest BCUT2D eigenvalue weighted by molar-refractivity contribution is 5.94. The molecule has 1 fully saturated rings. The normalized spacial score (nSPS) is 16.4. The van der Waals surface area contributed by atoms with Crippen LogP contribution in [0.25, 0.3) is 0 Å². The lowest BCUT2D eigenvalue weighted by molar-refractivity contribution is -0.136. The van der Waals surface area contributed by atoms with E-state index < -0.39 is 0 Å². The predicted octanol–water partition coefficient (Wildman–Crippen LogP) is 2.93. The van der Waals surface area contributed by atoms with Crippen molar-refractivity contribution in [1.82, 2.24) is 15.1 Å². The smallest absolute Gasteiger partial charge is 0.251 e. The second-order valence-corrected chi connectivity index (χ2v) is 7.51. The van der Waals surface area contributed by atoms with Crippen LogP contribution in [0.15, 0.2) is 60.7 Å². The van der Waals surface area contributed by atoms with Gasteiger partial charge >= 0.3 is 0 Å². The van der Waals surface area contributed by atoms with Crippen LogP contribution in [0.4, 0.5) is 0 Å². The molecule has 0 saturated carbocycles. The van der Waals surface area contributed by atoms with Gasteiger partial charge in [0.1, 0.15) is 0 Å². The predicted molar refractivity (Wildman–Crippen MR) is 111 cm³/mol. The molecule has 1 aliphatic heterocycles. The first kappa shape index (κ1) is 20.1. The number of hydrogen-bond acceptors (Lipinski definition) is 3. The summed E-state index contributed by atoms with van der Waals surface area (Å²) in [7, 11) is 1.86. The largest absolute Gasteiger partial charge is 0.349 e. The summed E-state index contributed by atoms with van der Waals surface area (Å²) in [6.45, 7) is 4.22. The zero-order valence-electron chi connectivity index (χ0n) is 16.7. The highest BCUT2D eigenvalue weighted by atomic mass is 16.2. The third kappa shape index (κ3) is 5.20. The molecule has 148 valence electrons. The van der Waals surface area contributed by atoms with E-state index in [0.717, 1.165) is 31.5 Å². The summed E-state index contributed by atoms with van der Waals surface area (Å²) in [4.78, 5) is 29.1. The highest BCUT2D eigenvalue weighted by Crippen LogP contribution is 2.16. The van der Waals surface area contributed by atoms with Crippen molar-refractivity contribution in [3.63, 3.8) is 0 Å². The minimum atomic E-state index is -0.153. The summed E-state index contributed by atoms with van der Waals surface area (Å²) in [5, 5.41) is 3.12. The SMILES string of the molecule is CC(C(=O)N(C)Cc1ccccc1)N1CCC(NC(=O)c2ccccc2)CC1. The number of carbonyl (C=O) groups excluding carboxylic acids is 2. The van der Waals surface area contributed by atoms with Crippen molar-refractivity contribution in [1.29, 1.82) is 0 Å². The second kappa shape index (κ2) is 9.51. The van der Waals surface area contributed by atoms with Crippen molar-refractivity contribution >= 4 is 11.8 Å². The van der Waals surface area contributed by atoms with Crippen molar-refractivity contribution in [3.05, 3.63) is 71.8 Å². The summed E-state index contributed by atoms with van der Waals surface area (Å²) < 4.78 is 0. The first-order valence-corrected chi connectivity index (χ1v) is 9.93. The number of carbonyl (C=O) groups is 2. The molecule has 1 atom stereocenters. The average Bonchev–Trinajstić information content (AvgIpc) is 2.74. The van der Waals surface area contributed by atoms with E-state index in [1.54, 1.807) is 4.90 Å². The molecule has 2 amide bonds. The molecule has 1 unspecified atom stereocenters. The fourth-order valence-electron chi connectivity index (χ4n) is 3.70. The maximum absolute atomic E-state index is 12.8. The Bertz CT molecular complexity index is 771. The molecule has 0 aliphatic carbocycles. The summed E-state index contributed by atoms with van der Waals surface area (Å²) in [6, 6.07) is 19.3. The standard InChI is InChI=1S/C23H29N3O2/c1-18(23(28)25(2)17-19-9-5-3-6-10-19)26-15-13-21(14-16-26)24-22(27)20-11-7-4-8-12-20/h3-12,18,21H,13-17H2,1-2H3,(H,24,27). The quantitative estimate of drug-likeness (QED) is 0.840. The van der Waals surface area contributed by atoms with Crippen LogP contribution in [0.5, 0.6) is 0 Å². The average molecular weight is 380 g/mol. The van der Waals surface area contributed by atoms with Gasteiger partial charge in [-0.1, -0.05) is 48.5 Å². The molecule has 1 heterocycles. The van der Waals surface area contributed by atoms with E-state index in [1.165, 1.54) is 0 Å². The number of amides is 2. The summed E-state index contributed by atoms with van der Waals surface area (Å²) in [5.41, 5.74) is 1.82. The molecular weight excluding hydrogens is 350 g/mol. The van der Waals surface area contributed by atoms with Gasteiger partial charge in [0.15, 0.2) is 0 Å². The van der Waals surface area contributed by atoms with Gasteiger partial charge in [-0.3, -0.25) is 14.5 Å². The second-order valence-electron chi connectivity index (χ2n) is 7.51. The molecule has 5 heteroatoms. The summed E-state index contributed by atoms with van der Waals surface area (Å²) in [5.74, 6) is 0.112. The van der Waals surface area contributed by atoms with E-state index in [0.29, 0.717) is 12.1 Å². The van der Waals surface area contributed by atoms with Crippen LogP contribution in [-0.2, 0) is 11.3 Å². The van der Waals surface area contributed by atoms with Gasteiger partial charge in [0.05, 0.1) is 6.04 Å². The minimum Gasteiger partial charge on any atom is -0.349 e. The molecule has 1 saturated heterocycles. The first-order valence-electron chi connectivity index (χ1n) is 9.93. The lowest BCUT2D eigenvalue weighted by atomic mass is 10.0. The number of nitrogens with zero attached hydrogens (tertiary/aromatic N) is 2. The van der Waals surface area contributed by atoms with E-state index in [9.17, 15) is 9.59 Å². The fourth-order valence-corrected chi connectivity index (χ4v) is 3.70. The number of piperidine rings is 1. The van der Waals surface area contributed by atoms with Crippen molar-refractivity contribution in [2.75, 3.05) is 20.1 Å². The Hall–Kier alpha value is -2.66. The summed E-state index contributed by atoms with van der Waals surface area (Å²) >= 11 is 0. The van der Waals surface area contributed by atoms with E-state index in [-0.39, 0.29) is 23.9 Å². The van der Waals surface area contributed by atoms with Crippen LogP contribution in [0.2, 0.25) is 0 Å². The monoisotopic (exact) mass is 379 g/mol. The molecule has 28 heavy (non-hydrogen) atoms. The molecule has 5 nitrogen and oxygen atoms in total. The lowest BCUT2D eigenvalue weighted by Crippen LogP contribution is -2.51. The van der Waals surface area contributed by atoms with Gasteiger partial charge in [0, 0.05) is 38.3 Å². The Morgan fingerprint density at radius 1 is 1.04 bits per heavy atom. The van der Waals surface area contributed by atoms with Crippen molar-refractivity contribution in [3.8, 4) is 0 Å². The van der Waals surface area contributed by atoms with Gasteiger partial charge in [0.2, 0.25) is 5.91 Å². The molecule has 3 rings (SSSR count). The van der Waals surface area contributed by atoms with Crippen LogP contribution in [0, 0.1) is 0 Å². The Kier molecular flexibility index (Phi) is 6.82. The Balaban J connectivity index is 1.47. The van der Waals surface area contributed by atoms with Gasteiger partial charge in [0.25, 0.3) is 5.91 Å². The Morgan fingerprint density at radius 2 is 1.61 bits per heavy atom. The van der Waals surface area contributed by atoms with Crippen molar-refractivity contribution < 1.29 is 9.59 Å². The molecule has 0 aromatic heterocycles. The molecule has 2 aromatic rings. The number of hydrogen-bond donors (Lipinski definition) is 1. The first-order chi connectivity index (χ1) is 13.5. The van der Waals surface area contributed by atoms with E-state index >= 15 is 0 Å².